The van der Waals surface area contributed by atoms with Crippen molar-refractivity contribution in [3.8, 4) is 0 Å². The second-order valence-corrected chi connectivity index (χ2v) is 8.79. The Hall–Kier alpha value is -1.62. The lowest BCUT2D eigenvalue weighted by molar-refractivity contribution is -0.126. The fourth-order valence-electron chi connectivity index (χ4n) is 4.24. The molecule has 1 aliphatic carbocycles. The minimum absolute atomic E-state index is 0.101. The molecule has 2 aromatic rings. The first-order valence-electron chi connectivity index (χ1n) is 10.2. The smallest absolute Gasteiger partial charge is 0.225 e. The van der Waals surface area contributed by atoms with Gasteiger partial charge < -0.3 is 10.2 Å². The lowest BCUT2D eigenvalue weighted by Gasteiger charge is -2.33. The van der Waals surface area contributed by atoms with Crippen LogP contribution in [-0.4, -0.2) is 30.0 Å². The topological polar surface area (TPSA) is 45.2 Å². The zero-order valence-electron chi connectivity index (χ0n) is 15.7. The Morgan fingerprint density at radius 2 is 2.08 bits per heavy atom. The molecule has 0 bridgehead atoms. The van der Waals surface area contributed by atoms with Gasteiger partial charge in [0.15, 0.2) is 5.13 Å². The number of nitrogens with one attached hydrogen (secondary N) is 1. The predicted molar refractivity (Wildman–Crippen MR) is 109 cm³/mol. The number of amides is 1. The number of carbonyl (C=O) groups excluding carboxylic acids is 1. The Morgan fingerprint density at radius 3 is 2.88 bits per heavy atom. The lowest BCUT2D eigenvalue weighted by atomic mass is 9.93. The maximum atomic E-state index is 12.7. The average molecular weight is 372 g/mol. The average Bonchev–Trinajstić information content (AvgIpc) is 3.12. The van der Waals surface area contributed by atoms with Crippen molar-refractivity contribution in [2.45, 2.75) is 64.3 Å². The van der Waals surface area contributed by atoms with Gasteiger partial charge >= 0.3 is 0 Å². The van der Waals surface area contributed by atoms with E-state index in [0.29, 0.717) is 6.04 Å². The monoisotopic (exact) mass is 371 g/mol. The van der Waals surface area contributed by atoms with Gasteiger partial charge in [0, 0.05) is 19.1 Å². The number of nitrogens with zero attached hydrogens (tertiary/aromatic N) is 2. The van der Waals surface area contributed by atoms with E-state index >= 15 is 0 Å². The van der Waals surface area contributed by atoms with Crippen molar-refractivity contribution in [2.75, 3.05) is 18.0 Å². The van der Waals surface area contributed by atoms with Gasteiger partial charge in [-0.05, 0) is 49.8 Å². The van der Waals surface area contributed by atoms with Gasteiger partial charge in [-0.15, -0.1) is 0 Å². The molecule has 2 aliphatic rings. The first-order valence-corrected chi connectivity index (χ1v) is 11.0. The zero-order valence-corrected chi connectivity index (χ0v) is 16.5. The van der Waals surface area contributed by atoms with E-state index in [0.717, 1.165) is 55.8 Å². The molecule has 140 valence electrons. The fraction of sp³-hybridized carbons (Fsp3) is 0.619. The van der Waals surface area contributed by atoms with E-state index in [-0.39, 0.29) is 11.8 Å². The molecular formula is C21H29N3OS. The van der Waals surface area contributed by atoms with Crippen LogP contribution < -0.4 is 10.2 Å². The molecule has 2 fully saturated rings. The molecule has 5 heteroatoms. The van der Waals surface area contributed by atoms with Crippen molar-refractivity contribution in [3.63, 3.8) is 0 Å². The van der Waals surface area contributed by atoms with Crippen LogP contribution in [0.25, 0.3) is 10.2 Å². The summed E-state index contributed by atoms with van der Waals surface area (Å²) in [5.74, 6) is 0.361. The third-order valence-corrected chi connectivity index (χ3v) is 6.94. The van der Waals surface area contributed by atoms with Crippen molar-refractivity contribution in [2.24, 2.45) is 5.92 Å². The summed E-state index contributed by atoms with van der Waals surface area (Å²) < 4.78 is 1.26. The van der Waals surface area contributed by atoms with Gasteiger partial charge in [0.2, 0.25) is 5.91 Å². The molecule has 1 aromatic carbocycles. The number of fused-ring (bicyclic) bond motifs is 1. The molecule has 4 nitrogen and oxygen atoms in total. The molecule has 4 rings (SSSR count). The predicted octanol–water partition coefficient (Wildman–Crippen LogP) is 4.52. The normalized spacial score (nSPS) is 21.9. The minimum Gasteiger partial charge on any atom is -0.353 e. The van der Waals surface area contributed by atoms with E-state index in [1.54, 1.807) is 11.3 Å². The SMILES string of the molecule is CCc1ccc2nc(N3CCCC(C(=O)NC4CCCCC4)C3)sc2c1. The second-order valence-electron chi connectivity index (χ2n) is 7.78. The number of hydrogen-bond donors (Lipinski definition) is 1. The number of thiazole rings is 1. The summed E-state index contributed by atoms with van der Waals surface area (Å²) in [6.07, 6.45) is 9.26. The quantitative estimate of drug-likeness (QED) is 0.859. The summed E-state index contributed by atoms with van der Waals surface area (Å²) in [5, 5.41) is 4.39. The third-order valence-electron chi connectivity index (χ3n) is 5.86. The maximum absolute atomic E-state index is 12.7. The summed E-state index contributed by atoms with van der Waals surface area (Å²) >= 11 is 1.77. The van der Waals surface area contributed by atoms with Crippen LogP contribution in [0.3, 0.4) is 0 Å². The van der Waals surface area contributed by atoms with Crippen LogP contribution in [0.5, 0.6) is 0 Å². The van der Waals surface area contributed by atoms with Gasteiger partial charge in [0.05, 0.1) is 16.1 Å². The van der Waals surface area contributed by atoms with Crippen molar-refractivity contribution in [3.05, 3.63) is 23.8 Å². The van der Waals surface area contributed by atoms with Crippen molar-refractivity contribution in [1.82, 2.24) is 10.3 Å². The molecule has 1 N–H and O–H groups in total. The molecule has 1 amide bonds. The van der Waals surface area contributed by atoms with Crippen molar-refractivity contribution in [1.29, 1.82) is 0 Å². The summed E-state index contributed by atoms with van der Waals surface area (Å²) in [7, 11) is 0. The fourth-order valence-corrected chi connectivity index (χ4v) is 5.31. The number of benzene rings is 1. The highest BCUT2D eigenvalue weighted by molar-refractivity contribution is 7.22. The number of piperidine rings is 1. The van der Waals surface area contributed by atoms with Crippen molar-refractivity contribution >= 4 is 32.6 Å². The van der Waals surface area contributed by atoms with Gasteiger partial charge in [-0.2, -0.15) is 0 Å². The van der Waals surface area contributed by atoms with Gasteiger partial charge in [-0.25, -0.2) is 4.98 Å². The standard InChI is InChI=1S/C21H29N3OS/c1-2-15-10-11-18-19(13-15)26-21(23-18)24-12-6-7-16(14-24)20(25)22-17-8-4-3-5-9-17/h10-11,13,16-17H,2-9,12,14H2,1H3,(H,22,25). The summed E-state index contributed by atoms with van der Waals surface area (Å²) in [6, 6.07) is 6.96. The van der Waals surface area contributed by atoms with Crippen LogP contribution >= 0.6 is 11.3 Å². The molecule has 1 saturated carbocycles. The van der Waals surface area contributed by atoms with E-state index in [1.165, 1.54) is 29.5 Å². The molecule has 2 heterocycles. The van der Waals surface area contributed by atoms with Crippen LogP contribution in [0.4, 0.5) is 5.13 Å². The molecule has 1 aliphatic heterocycles. The second kappa shape index (κ2) is 7.95. The van der Waals surface area contributed by atoms with Gasteiger partial charge in [0.1, 0.15) is 0 Å². The van der Waals surface area contributed by atoms with Crippen LogP contribution in [0.15, 0.2) is 18.2 Å². The van der Waals surface area contributed by atoms with Gasteiger partial charge in [-0.3, -0.25) is 4.79 Å². The van der Waals surface area contributed by atoms with E-state index < -0.39 is 0 Å². The van der Waals surface area contributed by atoms with Gasteiger partial charge in [-0.1, -0.05) is 43.6 Å². The Morgan fingerprint density at radius 1 is 1.23 bits per heavy atom. The summed E-state index contributed by atoms with van der Waals surface area (Å²) in [4.78, 5) is 19.9. The van der Waals surface area contributed by atoms with Crippen LogP contribution in [0.1, 0.15) is 57.4 Å². The molecule has 26 heavy (non-hydrogen) atoms. The molecule has 0 radical (unpaired) electrons. The number of anilines is 1. The Kier molecular flexibility index (Phi) is 5.44. The molecular weight excluding hydrogens is 342 g/mol. The zero-order chi connectivity index (χ0) is 17.9. The number of rotatable bonds is 4. The van der Waals surface area contributed by atoms with E-state index in [1.807, 2.05) is 0 Å². The van der Waals surface area contributed by atoms with Crippen LogP contribution in [0.2, 0.25) is 0 Å². The van der Waals surface area contributed by atoms with Gasteiger partial charge in [0.25, 0.3) is 0 Å². The van der Waals surface area contributed by atoms with Crippen molar-refractivity contribution < 1.29 is 4.79 Å². The van der Waals surface area contributed by atoms with Crippen LogP contribution in [0, 0.1) is 5.92 Å². The highest BCUT2D eigenvalue weighted by atomic mass is 32.1. The molecule has 0 spiro atoms. The molecule has 1 aromatic heterocycles. The number of carbonyl (C=O) groups is 1. The Bertz CT molecular complexity index is 766. The van der Waals surface area contributed by atoms with E-state index in [4.69, 9.17) is 4.98 Å². The number of aryl methyl sites for hydroxylation is 1. The Labute approximate surface area is 160 Å². The summed E-state index contributed by atoms with van der Waals surface area (Å²) in [6.45, 7) is 4.00. The van der Waals surface area contributed by atoms with Crippen LogP contribution in [-0.2, 0) is 11.2 Å². The minimum atomic E-state index is 0.101. The maximum Gasteiger partial charge on any atom is 0.225 e. The molecule has 1 saturated heterocycles. The first-order chi connectivity index (χ1) is 12.7. The highest BCUT2D eigenvalue weighted by Crippen LogP contribution is 2.32. The number of aromatic nitrogens is 1. The third kappa shape index (κ3) is 3.88. The van der Waals surface area contributed by atoms with E-state index in [2.05, 4.69) is 35.3 Å². The molecule has 1 unspecified atom stereocenters. The van der Waals surface area contributed by atoms with E-state index in [9.17, 15) is 4.79 Å². The number of hydrogen-bond acceptors (Lipinski definition) is 4. The lowest BCUT2D eigenvalue weighted by Crippen LogP contribution is -2.46. The molecule has 1 atom stereocenters. The Balaban J connectivity index is 1.43. The first kappa shape index (κ1) is 17.8. The largest absolute Gasteiger partial charge is 0.353 e. The summed E-state index contributed by atoms with van der Waals surface area (Å²) in [5.41, 5.74) is 2.44. The highest BCUT2D eigenvalue weighted by Gasteiger charge is 2.29.